The van der Waals surface area contributed by atoms with E-state index in [0.717, 1.165) is 19.3 Å². The van der Waals surface area contributed by atoms with Gasteiger partial charge < -0.3 is 19.6 Å². The number of hydrogen-bond donors (Lipinski definition) is 1. The van der Waals surface area contributed by atoms with Gasteiger partial charge in [0.25, 0.3) is 5.91 Å². The summed E-state index contributed by atoms with van der Waals surface area (Å²) in [6, 6.07) is 3.03. The summed E-state index contributed by atoms with van der Waals surface area (Å²) in [5.41, 5.74) is -0.418. The topological polar surface area (TPSA) is 135 Å². The molecule has 2 amide bonds. The molecule has 5 rings (SSSR count). The van der Waals surface area contributed by atoms with Gasteiger partial charge in [0.05, 0.1) is 36.5 Å². The number of esters is 1. The highest BCUT2D eigenvalue weighted by Crippen LogP contribution is 2.60. The molecule has 0 aromatic rings. The number of likely N-dealkylation sites (tertiary alicyclic amines) is 1. The van der Waals surface area contributed by atoms with E-state index in [9.17, 15) is 19.5 Å². The van der Waals surface area contributed by atoms with Crippen LogP contribution in [-0.4, -0.2) is 71.1 Å². The van der Waals surface area contributed by atoms with E-state index in [4.69, 9.17) is 15.3 Å². The number of amides is 2. The second-order valence-electron chi connectivity index (χ2n) is 10.4. The fraction of sp³-hybridized carbons (Fsp3) is 0.792. The summed E-state index contributed by atoms with van der Waals surface area (Å²) in [6.07, 6.45) is 5.79. The Morgan fingerprint density at radius 2 is 1.52 bits per heavy atom. The van der Waals surface area contributed by atoms with Crippen LogP contribution in [0.1, 0.15) is 57.8 Å². The number of ether oxygens (including phenoxy) is 1. The number of nitriles is 2. The van der Waals surface area contributed by atoms with Crippen LogP contribution in [-0.2, 0) is 19.1 Å². The van der Waals surface area contributed by atoms with Crippen molar-refractivity contribution in [2.75, 3.05) is 26.2 Å². The van der Waals surface area contributed by atoms with Gasteiger partial charge in [0.15, 0.2) is 6.61 Å². The van der Waals surface area contributed by atoms with E-state index in [1.807, 2.05) is 12.1 Å². The molecular weight excluding hydrogens is 424 g/mol. The van der Waals surface area contributed by atoms with Crippen LogP contribution in [0.3, 0.4) is 0 Å². The third-order valence-electron chi connectivity index (χ3n) is 7.98. The van der Waals surface area contributed by atoms with E-state index in [1.54, 1.807) is 0 Å². The number of rotatable bonds is 8. The maximum atomic E-state index is 13.7. The number of aliphatic hydroxyl groups excluding tert-OH is 1. The minimum Gasteiger partial charge on any atom is -0.454 e. The molecule has 4 aliphatic carbocycles. The first-order chi connectivity index (χ1) is 15.8. The minimum absolute atomic E-state index is 0.0314. The molecule has 9 heteroatoms. The standard InChI is InChI=1S/C24H32N4O5/c25-3-1-5-27(6-2-4-26)21(30)15-33-22(31)20-10-19(29)14-28(20)23(32)24-11-16-7-17(12-24)9-18(8-16)13-24/h16-20,29H,1-2,5-15H2/t16?,17?,18?,19?,20-,24?/m0/s1. The lowest BCUT2D eigenvalue weighted by molar-refractivity contribution is -0.166. The van der Waals surface area contributed by atoms with Crippen LogP contribution in [0.5, 0.6) is 0 Å². The molecule has 178 valence electrons. The molecule has 0 spiro atoms. The largest absolute Gasteiger partial charge is 0.454 e. The zero-order valence-corrected chi connectivity index (χ0v) is 18.9. The Balaban J connectivity index is 1.39. The van der Waals surface area contributed by atoms with Crippen molar-refractivity contribution >= 4 is 17.8 Å². The molecule has 0 radical (unpaired) electrons. The number of aliphatic hydroxyl groups is 1. The Kier molecular flexibility index (Phi) is 6.90. The monoisotopic (exact) mass is 456 g/mol. The van der Waals surface area contributed by atoms with Crippen molar-refractivity contribution in [1.82, 2.24) is 9.80 Å². The zero-order chi connectivity index (χ0) is 23.6. The number of nitrogens with zero attached hydrogens (tertiary/aromatic N) is 4. The molecule has 1 N–H and O–H groups in total. The smallest absolute Gasteiger partial charge is 0.329 e. The summed E-state index contributed by atoms with van der Waals surface area (Å²) in [5, 5.41) is 27.8. The van der Waals surface area contributed by atoms with Crippen LogP contribution in [0.2, 0.25) is 0 Å². The number of carbonyl (C=O) groups is 3. The lowest BCUT2D eigenvalue weighted by Crippen LogP contribution is -2.56. The first-order valence-electron chi connectivity index (χ1n) is 12.0. The van der Waals surface area contributed by atoms with Crippen LogP contribution in [0, 0.1) is 45.8 Å². The van der Waals surface area contributed by atoms with Gasteiger partial charge in [-0.3, -0.25) is 9.59 Å². The SMILES string of the molecule is N#CCCN(CCC#N)C(=O)COC(=O)[C@@H]1CC(O)CN1C(=O)C12CC3CC(CC(C3)C1)C2. The van der Waals surface area contributed by atoms with Crippen molar-refractivity contribution in [3.8, 4) is 12.1 Å². The highest BCUT2D eigenvalue weighted by Gasteiger charge is 2.57. The van der Waals surface area contributed by atoms with Crippen molar-refractivity contribution in [2.45, 2.75) is 69.9 Å². The molecule has 9 nitrogen and oxygen atoms in total. The van der Waals surface area contributed by atoms with Gasteiger partial charge >= 0.3 is 5.97 Å². The van der Waals surface area contributed by atoms with E-state index >= 15 is 0 Å². The maximum absolute atomic E-state index is 13.7. The van der Waals surface area contributed by atoms with Gasteiger partial charge in [0.1, 0.15) is 6.04 Å². The Labute approximate surface area is 194 Å². The van der Waals surface area contributed by atoms with Crippen LogP contribution in [0.15, 0.2) is 0 Å². The van der Waals surface area contributed by atoms with Crippen LogP contribution >= 0.6 is 0 Å². The van der Waals surface area contributed by atoms with Gasteiger partial charge in [0.2, 0.25) is 5.91 Å². The molecule has 5 aliphatic rings. The molecular formula is C24H32N4O5. The highest BCUT2D eigenvalue weighted by molar-refractivity contribution is 5.90. The Bertz CT molecular complexity index is 822. The second kappa shape index (κ2) is 9.69. The highest BCUT2D eigenvalue weighted by atomic mass is 16.5. The van der Waals surface area contributed by atoms with Crippen molar-refractivity contribution < 1.29 is 24.2 Å². The zero-order valence-electron chi connectivity index (χ0n) is 18.9. The molecule has 33 heavy (non-hydrogen) atoms. The van der Waals surface area contributed by atoms with Crippen LogP contribution in [0.25, 0.3) is 0 Å². The summed E-state index contributed by atoms with van der Waals surface area (Å²) in [4.78, 5) is 41.9. The summed E-state index contributed by atoms with van der Waals surface area (Å²) >= 11 is 0. The van der Waals surface area contributed by atoms with E-state index in [1.165, 1.54) is 29.1 Å². The van der Waals surface area contributed by atoms with E-state index in [2.05, 4.69) is 0 Å². The number of carbonyl (C=O) groups excluding carboxylic acids is 3. The number of hydrogen-bond acceptors (Lipinski definition) is 7. The van der Waals surface area contributed by atoms with Gasteiger partial charge in [0, 0.05) is 26.1 Å². The van der Waals surface area contributed by atoms with Crippen LogP contribution in [0.4, 0.5) is 0 Å². The van der Waals surface area contributed by atoms with E-state index in [0.29, 0.717) is 17.8 Å². The normalized spacial score (nSPS) is 33.9. The Hall–Kier alpha value is -2.65. The van der Waals surface area contributed by atoms with Gasteiger partial charge in [-0.1, -0.05) is 0 Å². The minimum atomic E-state index is -0.889. The lowest BCUT2D eigenvalue weighted by atomic mass is 9.49. The molecule has 0 aromatic carbocycles. The van der Waals surface area contributed by atoms with Crippen molar-refractivity contribution in [2.24, 2.45) is 23.2 Å². The molecule has 1 aliphatic heterocycles. The van der Waals surface area contributed by atoms with Crippen molar-refractivity contribution in [3.05, 3.63) is 0 Å². The summed E-state index contributed by atoms with van der Waals surface area (Å²) < 4.78 is 5.28. The number of β-amino-alcohol motifs (C(OH)–C–C–N with tert-alkyl or cyclic N) is 1. The average Bonchev–Trinajstić information content (AvgIpc) is 3.17. The van der Waals surface area contributed by atoms with Crippen molar-refractivity contribution in [3.63, 3.8) is 0 Å². The first kappa shape index (κ1) is 23.5. The molecule has 1 unspecified atom stereocenters. The average molecular weight is 457 g/mol. The Morgan fingerprint density at radius 3 is 2.03 bits per heavy atom. The van der Waals surface area contributed by atoms with Gasteiger partial charge in [-0.15, -0.1) is 0 Å². The molecule has 4 saturated carbocycles. The fourth-order valence-corrected chi connectivity index (χ4v) is 6.99. The molecule has 2 atom stereocenters. The predicted octanol–water partition coefficient (Wildman–Crippen LogP) is 1.36. The molecule has 1 heterocycles. The molecule has 4 bridgehead atoms. The summed E-state index contributed by atoms with van der Waals surface area (Å²) in [5.74, 6) is 0.566. The van der Waals surface area contributed by atoms with E-state index < -0.39 is 36.0 Å². The first-order valence-corrected chi connectivity index (χ1v) is 12.0. The van der Waals surface area contributed by atoms with Crippen molar-refractivity contribution in [1.29, 1.82) is 10.5 Å². The maximum Gasteiger partial charge on any atom is 0.329 e. The third kappa shape index (κ3) is 4.84. The van der Waals surface area contributed by atoms with E-state index in [-0.39, 0.29) is 44.8 Å². The van der Waals surface area contributed by atoms with Gasteiger partial charge in [-0.25, -0.2) is 4.79 Å². The third-order valence-corrected chi connectivity index (χ3v) is 7.98. The van der Waals surface area contributed by atoms with Gasteiger partial charge in [-0.2, -0.15) is 10.5 Å². The summed E-state index contributed by atoms with van der Waals surface area (Å²) in [6.45, 7) is -0.0763. The predicted molar refractivity (Wildman–Crippen MR) is 115 cm³/mol. The van der Waals surface area contributed by atoms with Crippen LogP contribution < -0.4 is 0 Å². The molecule has 5 fully saturated rings. The van der Waals surface area contributed by atoms with Gasteiger partial charge in [-0.05, 0) is 56.3 Å². The molecule has 0 aromatic heterocycles. The quantitative estimate of drug-likeness (QED) is 0.545. The Morgan fingerprint density at radius 1 is 0.970 bits per heavy atom. The molecule has 1 saturated heterocycles. The second-order valence-corrected chi connectivity index (χ2v) is 10.4. The fourth-order valence-electron chi connectivity index (χ4n) is 6.99. The lowest BCUT2D eigenvalue weighted by Gasteiger charge is -2.56. The summed E-state index contributed by atoms with van der Waals surface area (Å²) in [7, 11) is 0.